The van der Waals surface area contributed by atoms with Crippen molar-refractivity contribution in [2.24, 2.45) is 0 Å². The third-order valence-corrected chi connectivity index (χ3v) is 4.19. The van der Waals surface area contributed by atoms with Gasteiger partial charge in [0.1, 0.15) is 5.75 Å². The van der Waals surface area contributed by atoms with Crippen molar-refractivity contribution in [3.05, 3.63) is 65.2 Å². The normalized spacial score (nSPS) is 11.8. The molecular weight excluding hydrogens is 342 g/mol. The molecule has 2 aromatic carbocycles. The zero-order chi connectivity index (χ0) is 19.5. The first-order valence-corrected chi connectivity index (χ1v) is 9.44. The predicted molar refractivity (Wildman–Crippen MR) is 106 cm³/mol. The molecule has 0 radical (unpaired) electrons. The Morgan fingerprint density at radius 1 is 1.07 bits per heavy atom. The number of ether oxygens (including phenoxy) is 2. The van der Waals surface area contributed by atoms with Gasteiger partial charge in [-0.15, -0.1) is 0 Å². The molecule has 2 rings (SSSR count). The van der Waals surface area contributed by atoms with E-state index in [4.69, 9.17) is 14.6 Å². The highest BCUT2D eigenvalue weighted by molar-refractivity contribution is 5.94. The average Bonchev–Trinajstić information content (AvgIpc) is 2.69. The molecular formula is C22H29NO4. The van der Waals surface area contributed by atoms with E-state index in [9.17, 15) is 4.79 Å². The van der Waals surface area contributed by atoms with Crippen molar-refractivity contribution in [3.8, 4) is 5.75 Å². The number of carbonyl (C=O) groups is 1. The van der Waals surface area contributed by atoms with Crippen molar-refractivity contribution in [1.29, 1.82) is 0 Å². The lowest BCUT2D eigenvalue weighted by molar-refractivity contribution is 0.0277. The van der Waals surface area contributed by atoms with Crippen molar-refractivity contribution in [2.45, 2.75) is 32.8 Å². The summed E-state index contributed by atoms with van der Waals surface area (Å²) in [5.41, 5.74) is 2.70. The number of rotatable bonds is 11. The van der Waals surface area contributed by atoms with E-state index >= 15 is 0 Å². The predicted octanol–water partition coefficient (Wildman–Crippen LogP) is 3.65. The highest BCUT2D eigenvalue weighted by Crippen LogP contribution is 2.18. The minimum absolute atomic E-state index is 0.0597. The summed E-state index contributed by atoms with van der Waals surface area (Å²) >= 11 is 0. The topological polar surface area (TPSA) is 67.8 Å². The summed E-state index contributed by atoms with van der Waals surface area (Å²) in [7, 11) is 0. The fourth-order valence-electron chi connectivity index (χ4n) is 2.57. The summed E-state index contributed by atoms with van der Waals surface area (Å²) in [6.07, 6.45) is 1.79. The number of aliphatic hydroxyl groups excluding tert-OH is 1. The second-order valence-electron chi connectivity index (χ2n) is 6.43. The van der Waals surface area contributed by atoms with E-state index in [1.807, 2.05) is 43.3 Å². The first-order chi connectivity index (χ1) is 13.1. The lowest BCUT2D eigenvalue weighted by Gasteiger charge is -2.19. The number of aliphatic hydroxyl groups is 1. The summed E-state index contributed by atoms with van der Waals surface area (Å²) in [5.74, 6) is 0.601. The van der Waals surface area contributed by atoms with Crippen LogP contribution in [-0.4, -0.2) is 37.4 Å². The molecule has 0 aliphatic heterocycles. The van der Waals surface area contributed by atoms with Gasteiger partial charge in [-0.05, 0) is 43.2 Å². The monoisotopic (exact) mass is 371 g/mol. The summed E-state index contributed by atoms with van der Waals surface area (Å²) < 4.78 is 11.3. The lowest BCUT2D eigenvalue weighted by atomic mass is 10.1. The van der Waals surface area contributed by atoms with E-state index < -0.39 is 0 Å². The molecule has 1 atom stereocenters. The maximum Gasteiger partial charge on any atom is 0.251 e. The van der Waals surface area contributed by atoms with Crippen LogP contribution in [-0.2, 0) is 4.74 Å². The molecule has 146 valence electrons. The van der Waals surface area contributed by atoms with Crippen molar-refractivity contribution >= 4 is 5.91 Å². The van der Waals surface area contributed by atoms with Gasteiger partial charge in [-0.3, -0.25) is 4.79 Å². The Hall–Kier alpha value is -2.37. The van der Waals surface area contributed by atoms with Gasteiger partial charge < -0.3 is 19.9 Å². The van der Waals surface area contributed by atoms with Gasteiger partial charge in [-0.2, -0.15) is 0 Å². The maximum absolute atomic E-state index is 12.4. The molecule has 0 aliphatic carbocycles. The SMILES string of the molecule is CCCCOc1ccc(C(=O)NC[C@@H](OCCO)c2ccc(C)cc2)cc1. The van der Waals surface area contributed by atoms with Gasteiger partial charge in [0, 0.05) is 12.1 Å². The second-order valence-corrected chi connectivity index (χ2v) is 6.43. The molecule has 0 saturated heterocycles. The number of hydrogen-bond donors (Lipinski definition) is 2. The van der Waals surface area contributed by atoms with Gasteiger partial charge in [0.2, 0.25) is 0 Å². The largest absolute Gasteiger partial charge is 0.494 e. The third kappa shape index (κ3) is 7.04. The first-order valence-electron chi connectivity index (χ1n) is 9.44. The zero-order valence-electron chi connectivity index (χ0n) is 16.1. The lowest BCUT2D eigenvalue weighted by Crippen LogP contribution is -2.30. The minimum atomic E-state index is -0.307. The van der Waals surface area contributed by atoms with Gasteiger partial charge in [0.15, 0.2) is 0 Å². The van der Waals surface area contributed by atoms with Crippen molar-refractivity contribution in [2.75, 3.05) is 26.4 Å². The summed E-state index contributed by atoms with van der Waals surface area (Å²) in [5, 5.41) is 11.9. The fourth-order valence-corrected chi connectivity index (χ4v) is 2.57. The molecule has 0 bridgehead atoms. The average molecular weight is 371 g/mol. The summed E-state index contributed by atoms with van der Waals surface area (Å²) in [6, 6.07) is 15.1. The third-order valence-electron chi connectivity index (χ3n) is 4.19. The molecule has 0 unspecified atom stereocenters. The van der Waals surface area contributed by atoms with Crippen molar-refractivity contribution < 1.29 is 19.4 Å². The van der Waals surface area contributed by atoms with E-state index in [0.29, 0.717) is 18.7 Å². The Balaban J connectivity index is 1.93. The zero-order valence-corrected chi connectivity index (χ0v) is 16.1. The van der Waals surface area contributed by atoms with Crippen molar-refractivity contribution in [3.63, 3.8) is 0 Å². The van der Waals surface area contributed by atoms with Crippen LogP contribution in [0.4, 0.5) is 0 Å². The molecule has 5 heteroatoms. The van der Waals surface area contributed by atoms with Crippen LogP contribution in [0.2, 0.25) is 0 Å². The number of benzene rings is 2. The molecule has 5 nitrogen and oxygen atoms in total. The Morgan fingerprint density at radius 2 is 1.78 bits per heavy atom. The van der Waals surface area contributed by atoms with Crippen LogP contribution >= 0.6 is 0 Å². The van der Waals surface area contributed by atoms with Crippen LogP contribution in [0, 0.1) is 6.92 Å². The van der Waals surface area contributed by atoms with E-state index in [0.717, 1.165) is 29.7 Å². The molecule has 1 amide bonds. The van der Waals surface area contributed by atoms with Gasteiger partial charge >= 0.3 is 0 Å². The smallest absolute Gasteiger partial charge is 0.251 e. The van der Waals surface area contributed by atoms with Crippen LogP contribution in [0.1, 0.15) is 47.4 Å². The van der Waals surface area contributed by atoms with Crippen LogP contribution in [0.5, 0.6) is 5.75 Å². The molecule has 0 spiro atoms. The number of hydrogen-bond acceptors (Lipinski definition) is 4. The highest BCUT2D eigenvalue weighted by Gasteiger charge is 2.14. The molecule has 2 N–H and O–H groups in total. The van der Waals surface area contributed by atoms with E-state index in [1.165, 1.54) is 0 Å². The number of aryl methyl sites for hydroxylation is 1. The molecule has 0 heterocycles. The fraction of sp³-hybridized carbons (Fsp3) is 0.409. The Morgan fingerprint density at radius 3 is 2.41 bits per heavy atom. The van der Waals surface area contributed by atoms with Crippen LogP contribution in [0.25, 0.3) is 0 Å². The quantitative estimate of drug-likeness (QED) is 0.592. The number of carbonyl (C=O) groups excluding carboxylic acids is 1. The maximum atomic E-state index is 12.4. The van der Waals surface area contributed by atoms with E-state index in [1.54, 1.807) is 12.1 Å². The van der Waals surface area contributed by atoms with Crippen LogP contribution in [0.3, 0.4) is 0 Å². The number of amides is 1. The van der Waals surface area contributed by atoms with Gasteiger partial charge in [-0.25, -0.2) is 0 Å². The van der Waals surface area contributed by atoms with Gasteiger partial charge in [0.05, 0.1) is 25.9 Å². The van der Waals surface area contributed by atoms with E-state index in [-0.39, 0.29) is 25.2 Å². The standard InChI is InChI=1S/C22H29NO4/c1-3-4-14-26-20-11-9-19(10-12-20)22(25)23-16-21(27-15-13-24)18-7-5-17(2)6-8-18/h5-12,21,24H,3-4,13-16H2,1-2H3,(H,23,25)/t21-/m1/s1. The molecule has 2 aromatic rings. The highest BCUT2D eigenvalue weighted by atomic mass is 16.5. The van der Waals surface area contributed by atoms with Crippen LogP contribution < -0.4 is 10.1 Å². The van der Waals surface area contributed by atoms with Crippen LogP contribution in [0.15, 0.2) is 48.5 Å². The molecule has 0 fully saturated rings. The molecule has 0 aromatic heterocycles. The first kappa shape index (κ1) is 20.9. The van der Waals surface area contributed by atoms with E-state index in [2.05, 4.69) is 12.2 Å². The Labute approximate surface area is 161 Å². The van der Waals surface area contributed by atoms with Gasteiger partial charge in [0.25, 0.3) is 5.91 Å². The number of nitrogens with one attached hydrogen (secondary N) is 1. The number of unbranched alkanes of at least 4 members (excludes halogenated alkanes) is 1. The van der Waals surface area contributed by atoms with Gasteiger partial charge in [-0.1, -0.05) is 43.2 Å². The molecule has 0 saturated carbocycles. The Bertz CT molecular complexity index is 682. The second kappa shape index (κ2) is 11.4. The Kier molecular flexibility index (Phi) is 8.81. The summed E-state index contributed by atoms with van der Waals surface area (Å²) in [6.45, 7) is 5.31. The summed E-state index contributed by atoms with van der Waals surface area (Å²) in [4.78, 5) is 12.4. The molecule has 0 aliphatic rings. The minimum Gasteiger partial charge on any atom is -0.494 e. The van der Waals surface area contributed by atoms with Crippen molar-refractivity contribution in [1.82, 2.24) is 5.32 Å². The molecule has 27 heavy (non-hydrogen) atoms.